The molecule has 0 N–H and O–H groups in total. The molecule has 14 rings (SSSR count). The van der Waals surface area contributed by atoms with Gasteiger partial charge in [0.05, 0.1) is 39.0 Å². The second kappa shape index (κ2) is 12.4. The lowest BCUT2D eigenvalue weighted by Crippen LogP contribution is -2.05. The molecule has 10 aromatic carbocycles. The summed E-state index contributed by atoms with van der Waals surface area (Å²) in [5.41, 5.74) is 11.1. The number of aromatic nitrogens is 4. The maximum atomic E-state index is 5.43. The van der Waals surface area contributed by atoms with Gasteiger partial charge in [-0.15, -0.1) is 0 Å². The van der Waals surface area contributed by atoms with E-state index in [4.69, 9.17) is 9.97 Å². The zero-order valence-electron chi connectivity index (χ0n) is 32.7. The van der Waals surface area contributed by atoms with Gasteiger partial charge in [-0.3, -0.25) is 4.57 Å². The first-order valence-corrected chi connectivity index (χ1v) is 21.6. The first-order chi connectivity index (χ1) is 30.2. The third-order valence-corrected chi connectivity index (χ3v) is 14.0. The van der Waals surface area contributed by atoms with E-state index in [1.165, 1.54) is 80.4 Å². The molecule has 3 aromatic heterocycles. The van der Waals surface area contributed by atoms with E-state index in [1.807, 2.05) is 0 Å². The normalized spacial score (nSPS) is 12.5. The van der Waals surface area contributed by atoms with E-state index in [0.717, 1.165) is 44.3 Å². The first-order valence-electron chi connectivity index (χ1n) is 20.7. The zero-order valence-corrected chi connectivity index (χ0v) is 33.5. The molecule has 0 saturated carbocycles. The predicted octanol–water partition coefficient (Wildman–Crippen LogP) is 15.1. The fourth-order valence-electron chi connectivity index (χ4n) is 10.2. The van der Waals surface area contributed by atoms with Gasteiger partial charge < -0.3 is 4.57 Å². The van der Waals surface area contributed by atoms with Crippen LogP contribution in [0.5, 0.6) is 0 Å². The van der Waals surface area contributed by atoms with Crippen LogP contribution in [0.2, 0.25) is 0 Å². The summed E-state index contributed by atoms with van der Waals surface area (Å²) in [5.74, 6) is 0.678. The summed E-state index contributed by atoms with van der Waals surface area (Å²) >= 11 is 1.80. The maximum Gasteiger partial charge on any atom is 0.235 e. The van der Waals surface area contributed by atoms with E-state index < -0.39 is 0 Å². The molecule has 0 radical (unpaired) electrons. The predicted molar refractivity (Wildman–Crippen MR) is 256 cm³/mol. The number of rotatable bonds is 3. The van der Waals surface area contributed by atoms with Gasteiger partial charge in [0.15, 0.2) is 0 Å². The van der Waals surface area contributed by atoms with Gasteiger partial charge in [0, 0.05) is 47.7 Å². The van der Waals surface area contributed by atoms with E-state index in [9.17, 15) is 0 Å². The molecule has 13 aromatic rings. The van der Waals surface area contributed by atoms with Crippen LogP contribution in [0, 0.1) is 0 Å². The average molecular weight is 793 g/mol. The Balaban J connectivity index is 1.03. The van der Waals surface area contributed by atoms with Crippen LogP contribution in [-0.2, 0) is 0 Å². The third-order valence-electron chi connectivity index (χ3n) is 12.9. The molecule has 1 aliphatic rings. The molecule has 0 aliphatic carbocycles. The molecule has 282 valence electrons. The van der Waals surface area contributed by atoms with Crippen LogP contribution in [0.4, 0.5) is 0 Å². The quantitative estimate of drug-likeness (QED) is 0.167. The van der Waals surface area contributed by atoms with Crippen LogP contribution in [0.3, 0.4) is 0 Å². The standard InChI is InChI=1S/C56H32N4S/c1-4-15-38-33(12-1)25-29-48-53(38)44-30-34(26-28-47(44)59(48)49-32-36-13-2-3-14-37(36)39-16-5-6-17-40(39)49)35-24-27-42-41-18-7-9-21-46(41)60(50(42)31-35)56-57-45-20-11-23-52-54(45)55(58-56)43-19-8-10-22-51(43)61-52/h1-32H. The van der Waals surface area contributed by atoms with Gasteiger partial charge in [-0.05, 0) is 92.7 Å². The monoisotopic (exact) mass is 792 g/mol. The molecule has 0 atom stereocenters. The maximum absolute atomic E-state index is 5.43. The molecule has 0 bridgehead atoms. The summed E-state index contributed by atoms with van der Waals surface area (Å²) in [6.07, 6.45) is 0. The van der Waals surface area contributed by atoms with Crippen LogP contribution >= 0.6 is 11.8 Å². The molecular formula is C56H32N4S. The molecule has 0 spiro atoms. The third kappa shape index (κ3) is 4.67. The molecular weight excluding hydrogens is 761 g/mol. The van der Waals surface area contributed by atoms with Crippen LogP contribution < -0.4 is 0 Å². The van der Waals surface area contributed by atoms with Gasteiger partial charge in [-0.1, -0.05) is 151 Å². The summed E-state index contributed by atoms with van der Waals surface area (Å²) < 4.78 is 4.76. The van der Waals surface area contributed by atoms with Gasteiger partial charge in [0.2, 0.25) is 5.95 Å². The van der Waals surface area contributed by atoms with Crippen LogP contribution in [0.25, 0.3) is 121 Å². The Kier molecular flexibility index (Phi) is 6.74. The number of fused-ring (bicyclic) bond motifs is 13. The Morgan fingerprint density at radius 1 is 0.361 bits per heavy atom. The SMILES string of the molecule is c1ccc2c(c1)Sc1cccc3nc(-n4c5ccccc5c5ccc(-c6ccc7c(c6)c6c8ccccc8ccc6n7-c6cc7ccccc7c7ccccc67)cc54)nc-2c13. The Labute approximate surface area is 354 Å². The van der Waals surface area contributed by atoms with E-state index in [1.54, 1.807) is 11.8 Å². The van der Waals surface area contributed by atoms with Crippen molar-refractivity contribution in [2.45, 2.75) is 9.79 Å². The van der Waals surface area contributed by atoms with E-state index in [-0.39, 0.29) is 0 Å². The van der Waals surface area contributed by atoms with Crippen molar-refractivity contribution in [1.82, 2.24) is 19.1 Å². The van der Waals surface area contributed by atoms with E-state index >= 15 is 0 Å². The molecule has 0 amide bonds. The number of hydrogen-bond acceptors (Lipinski definition) is 3. The van der Waals surface area contributed by atoms with Crippen molar-refractivity contribution in [3.05, 3.63) is 194 Å². The van der Waals surface area contributed by atoms with Gasteiger partial charge in [-0.25, -0.2) is 9.97 Å². The van der Waals surface area contributed by atoms with Gasteiger partial charge in [0.1, 0.15) is 0 Å². The number of para-hydroxylation sites is 1. The van der Waals surface area contributed by atoms with Crippen LogP contribution in [-0.4, -0.2) is 19.1 Å². The van der Waals surface area contributed by atoms with Crippen molar-refractivity contribution >= 4 is 98.6 Å². The van der Waals surface area contributed by atoms with E-state index in [2.05, 4.69) is 203 Å². The number of hydrogen-bond donors (Lipinski definition) is 0. The lowest BCUT2D eigenvalue weighted by atomic mass is 9.99. The highest BCUT2D eigenvalue weighted by Crippen LogP contribution is 2.48. The minimum absolute atomic E-state index is 0.678. The topological polar surface area (TPSA) is 35.6 Å². The van der Waals surface area contributed by atoms with Crippen molar-refractivity contribution in [1.29, 1.82) is 0 Å². The highest BCUT2D eigenvalue weighted by Gasteiger charge is 2.24. The fourth-order valence-corrected chi connectivity index (χ4v) is 11.3. The van der Waals surface area contributed by atoms with Gasteiger partial charge in [0.25, 0.3) is 0 Å². The molecule has 0 unspecified atom stereocenters. The van der Waals surface area contributed by atoms with Crippen molar-refractivity contribution in [3.63, 3.8) is 0 Å². The van der Waals surface area contributed by atoms with Crippen LogP contribution in [0.15, 0.2) is 204 Å². The van der Waals surface area contributed by atoms with Crippen molar-refractivity contribution in [2.24, 2.45) is 0 Å². The number of nitrogens with zero attached hydrogens (tertiary/aromatic N) is 4. The highest BCUT2D eigenvalue weighted by molar-refractivity contribution is 7.99. The average Bonchev–Trinajstić information content (AvgIpc) is 3.83. The fraction of sp³-hybridized carbons (Fsp3) is 0. The first kappa shape index (κ1) is 33.1. The second-order valence-corrected chi connectivity index (χ2v) is 17.2. The summed E-state index contributed by atoms with van der Waals surface area (Å²) in [5, 5.41) is 13.4. The molecule has 5 heteroatoms. The van der Waals surface area contributed by atoms with Crippen molar-refractivity contribution < 1.29 is 0 Å². The molecule has 4 nitrogen and oxygen atoms in total. The molecule has 0 fully saturated rings. The largest absolute Gasteiger partial charge is 0.309 e. The number of benzene rings is 10. The second-order valence-electron chi connectivity index (χ2n) is 16.1. The Bertz CT molecular complexity index is 4040. The smallest absolute Gasteiger partial charge is 0.235 e. The van der Waals surface area contributed by atoms with Crippen LogP contribution in [0.1, 0.15) is 0 Å². The molecule has 4 heterocycles. The van der Waals surface area contributed by atoms with Crippen molar-refractivity contribution in [3.8, 4) is 34.0 Å². The minimum atomic E-state index is 0.678. The summed E-state index contributed by atoms with van der Waals surface area (Å²) in [4.78, 5) is 13.2. The molecule has 0 saturated heterocycles. The Morgan fingerprint density at radius 3 is 1.95 bits per heavy atom. The minimum Gasteiger partial charge on any atom is -0.309 e. The summed E-state index contributed by atoms with van der Waals surface area (Å²) in [6, 6.07) is 70.9. The highest BCUT2D eigenvalue weighted by atomic mass is 32.2. The summed E-state index contributed by atoms with van der Waals surface area (Å²) in [6.45, 7) is 0. The Morgan fingerprint density at radius 2 is 1.03 bits per heavy atom. The lowest BCUT2D eigenvalue weighted by Gasteiger charge is -2.20. The zero-order chi connectivity index (χ0) is 39.8. The lowest BCUT2D eigenvalue weighted by molar-refractivity contribution is 1.01. The van der Waals surface area contributed by atoms with Gasteiger partial charge in [-0.2, -0.15) is 0 Å². The van der Waals surface area contributed by atoms with Crippen molar-refractivity contribution in [2.75, 3.05) is 0 Å². The Hall–Kier alpha value is -7.73. The summed E-state index contributed by atoms with van der Waals surface area (Å²) in [7, 11) is 0. The molecule has 61 heavy (non-hydrogen) atoms. The van der Waals surface area contributed by atoms with Gasteiger partial charge >= 0.3 is 0 Å². The van der Waals surface area contributed by atoms with E-state index in [0.29, 0.717) is 5.95 Å². The molecule has 1 aliphatic heterocycles.